The van der Waals surface area contributed by atoms with E-state index in [9.17, 15) is 8.42 Å². The van der Waals surface area contributed by atoms with E-state index in [0.717, 1.165) is 5.56 Å². The first-order chi connectivity index (χ1) is 11.5. The van der Waals surface area contributed by atoms with E-state index in [2.05, 4.69) is 5.32 Å². The van der Waals surface area contributed by atoms with Gasteiger partial charge in [-0.2, -0.15) is 9.57 Å². The highest BCUT2D eigenvalue weighted by Gasteiger charge is 2.20. The van der Waals surface area contributed by atoms with Crippen LogP contribution in [-0.2, 0) is 23.1 Å². The van der Waals surface area contributed by atoms with Gasteiger partial charge in [0.2, 0.25) is 15.8 Å². The van der Waals surface area contributed by atoms with Crippen LogP contribution in [0.5, 0.6) is 0 Å². The molecule has 0 saturated carbocycles. The monoisotopic (exact) mass is 347 g/mol. The fraction of sp³-hybridized carbons (Fsp3) is 0.353. The van der Waals surface area contributed by atoms with Crippen LogP contribution < -0.4 is 5.32 Å². The zero-order chi connectivity index (χ0) is 17.6. The molecule has 24 heavy (non-hydrogen) atoms. The second-order valence-corrected chi connectivity index (χ2v) is 7.15. The molecule has 0 aliphatic heterocycles. The molecule has 6 nitrogen and oxygen atoms in total. The minimum Gasteiger partial charge on any atom is -0.449 e. The fourth-order valence-corrected chi connectivity index (χ4v) is 3.81. The van der Waals surface area contributed by atoms with Crippen LogP contribution in [0.1, 0.15) is 30.9 Å². The van der Waals surface area contributed by atoms with Crippen molar-refractivity contribution in [2.24, 2.45) is 0 Å². The molecule has 0 aliphatic carbocycles. The Bertz CT molecular complexity index is 800. The number of rotatable bonds is 8. The van der Waals surface area contributed by atoms with Crippen molar-refractivity contribution in [1.82, 2.24) is 9.62 Å². The van der Waals surface area contributed by atoms with Crippen LogP contribution in [0.2, 0.25) is 0 Å². The van der Waals surface area contributed by atoms with Gasteiger partial charge in [-0.3, -0.25) is 0 Å². The molecule has 1 aromatic carbocycles. The summed E-state index contributed by atoms with van der Waals surface area (Å²) in [6.45, 7) is 5.64. The number of nitrogens with zero attached hydrogens (tertiary/aromatic N) is 2. The molecule has 0 bridgehead atoms. The van der Waals surface area contributed by atoms with E-state index in [1.807, 2.05) is 19.9 Å². The Kier molecular flexibility index (Phi) is 6.15. The second-order valence-electron chi connectivity index (χ2n) is 5.21. The largest absolute Gasteiger partial charge is 0.449 e. The van der Waals surface area contributed by atoms with Crippen LogP contribution in [0.4, 0.5) is 0 Å². The number of sulfonamides is 1. The molecule has 0 atom stereocenters. The summed E-state index contributed by atoms with van der Waals surface area (Å²) in [5, 5.41) is 11.9. The Balaban J connectivity index is 1.96. The summed E-state index contributed by atoms with van der Waals surface area (Å²) in [7, 11) is -3.41. The predicted molar refractivity (Wildman–Crippen MR) is 90.5 cm³/mol. The lowest BCUT2D eigenvalue weighted by Crippen LogP contribution is -2.30. The van der Waals surface area contributed by atoms with Crippen molar-refractivity contribution in [2.75, 3.05) is 13.1 Å². The molecule has 7 heteroatoms. The van der Waals surface area contributed by atoms with Crippen molar-refractivity contribution in [2.45, 2.75) is 31.8 Å². The van der Waals surface area contributed by atoms with E-state index in [0.29, 0.717) is 36.8 Å². The third kappa shape index (κ3) is 4.23. The number of hydrogen-bond donors (Lipinski definition) is 1. The van der Waals surface area contributed by atoms with E-state index in [1.165, 1.54) is 4.31 Å². The Hall–Kier alpha value is -2.14. The highest BCUT2D eigenvalue weighted by molar-refractivity contribution is 7.89. The third-order valence-corrected chi connectivity index (χ3v) is 5.73. The summed E-state index contributed by atoms with van der Waals surface area (Å²) in [6, 6.07) is 12.2. The molecule has 0 amide bonds. The molecule has 1 aromatic heterocycles. The van der Waals surface area contributed by atoms with Gasteiger partial charge < -0.3 is 9.73 Å². The Morgan fingerprint density at radius 1 is 1.08 bits per heavy atom. The molecule has 0 saturated heterocycles. The smallest absolute Gasteiger partial charge is 0.243 e. The van der Waals surface area contributed by atoms with Gasteiger partial charge in [-0.05, 0) is 29.8 Å². The van der Waals surface area contributed by atoms with Gasteiger partial charge in [0.05, 0.1) is 11.4 Å². The van der Waals surface area contributed by atoms with Gasteiger partial charge in [-0.25, -0.2) is 8.42 Å². The topological polar surface area (TPSA) is 86.3 Å². The first kappa shape index (κ1) is 18.2. The van der Waals surface area contributed by atoms with E-state index in [-0.39, 0.29) is 5.76 Å². The molecule has 0 fully saturated rings. The molecular weight excluding hydrogens is 326 g/mol. The Labute approximate surface area is 142 Å². The number of nitriles is 1. The molecular formula is C17H21N3O3S. The van der Waals surface area contributed by atoms with Gasteiger partial charge >= 0.3 is 0 Å². The average Bonchev–Trinajstić information content (AvgIpc) is 3.04. The summed E-state index contributed by atoms with van der Waals surface area (Å²) < 4.78 is 31.5. The van der Waals surface area contributed by atoms with Crippen LogP contribution in [0.3, 0.4) is 0 Å². The highest BCUT2D eigenvalue weighted by Crippen LogP contribution is 2.16. The zero-order valence-electron chi connectivity index (χ0n) is 13.8. The molecule has 128 valence electrons. The molecule has 2 aromatic rings. The van der Waals surface area contributed by atoms with Crippen molar-refractivity contribution >= 4 is 10.0 Å². The average molecular weight is 347 g/mol. The van der Waals surface area contributed by atoms with Crippen molar-refractivity contribution in [3.8, 4) is 6.07 Å². The lowest BCUT2D eigenvalue weighted by Gasteiger charge is -2.18. The number of nitrogens with one attached hydrogen (secondary N) is 1. The van der Waals surface area contributed by atoms with Crippen LogP contribution in [0, 0.1) is 11.3 Å². The summed E-state index contributed by atoms with van der Waals surface area (Å²) in [4.78, 5) is 0.305. The van der Waals surface area contributed by atoms with Crippen LogP contribution >= 0.6 is 0 Å². The van der Waals surface area contributed by atoms with Gasteiger partial charge in [0.1, 0.15) is 11.8 Å². The molecule has 0 unspecified atom stereocenters. The molecule has 2 rings (SSSR count). The lowest BCUT2D eigenvalue weighted by atomic mass is 10.2. The van der Waals surface area contributed by atoms with E-state index in [4.69, 9.17) is 9.68 Å². The van der Waals surface area contributed by atoms with E-state index in [1.54, 1.807) is 36.4 Å². The zero-order valence-corrected chi connectivity index (χ0v) is 14.6. The third-order valence-electron chi connectivity index (χ3n) is 3.67. The molecule has 0 radical (unpaired) electrons. The van der Waals surface area contributed by atoms with Gasteiger partial charge in [-0.1, -0.05) is 26.0 Å². The van der Waals surface area contributed by atoms with Gasteiger partial charge in [0.15, 0.2) is 0 Å². The summed E-state index contributed by atoms with van der Waals surface area (Å²) >= 11 is 0. The molecule has 1 heterocycles. The van der Waals surface area contributed by atoms with Gasteiger partial charge in [-0.15, -0.1) is 0 Å². The van der Waals surface area contributed by atoms with Crippen molar-refractivity contribution in [1.29, 1.82) is 5.26 Å². The van der Waals surface area contributed by atoms with Crippen molar-refractivity contribution < 1.29 is 12.8 Å². The van der Waals surface area contributed by atoms with Gasteiger partial charge in [0, 0.05) is 19.6 Å². The van der Waals surface area contributed by atoms with Crippen molar-refractivity contribution in [3.63, 3.8) is 0 Å². The van der Waals surface area contributed by atoms with E-state index < -0.39 is 10.0 Å². The Morgan fingerprint density at radius 2 is 1.75 bits per heavy atom. The van der Waals surface area contributed by atoms with Crippen molar-refractivity contribution in [3.05, 3.63) is 53.5 Å². The summed E-state index contributed by atoms with van der Waals surface area (Å²) in [6.07, 6.45) is 0. The minimum absolute atomic E-state index is 0.290. The van der Waals surface area contributed by atoms with Crippen LogP contribution in [0.15, 0.2) is 45.7 Å². The maximum Gasteiger partial charge on any atom is 0.243 e. The number of furan rings is 1. The molecule has 1 N–H and O–H groups in total. The minimum atomic E-state index is -3.41. The number of benzene rings is 1. The molecule has 0 aliphatic rings. The lowest BCUT2D eigenvalue weighted by molar-refractivity contribution is 0.445. The second kappa shape index (κ2) is 8.11. The van der Waals surface area contributed by atoms with Crippen LogP contribution in [0.25, 0.3) is 0 Å². The maximum atomic E-state index is 12.4. The Morgan fingerprint density at radius 3 is 2.29 bits per heavy atom. The number of hydrogen-bond acceptors (Lipinski definition) is 5. The van der Waals surface area contributed by atoms with E-state index >= 15 is 0 Å². The normalized spacial score (nSPS) is 11.6. The first-order valence-electron chi connectivity index (χ1n) is 7.79. The molecule has 0 spiro atoms. The summed E-state index contributed by atoms with van der Waals surface area (Å²) in [5.41, 5.74) is 0.973. The predicted octanol–water partition coefficient (Wildman–Crippen LogP) is 2.47. The summed E-state index contributed by atoms with van der Waals surface area (Å²) in [5.74, 6) is 0.977. The standard InChI is InChI=1S/C17H21N3O3S/c1-3-20(4-2)24(21,22)17-9-5-14(6-10-17)12-19-13-16-8-7-15(11-18)23-16/h5-10,19H,3-4,12-13H2,1-2H3. The SMILES string of the molecule is CCN(CC)S(=O)(=O)c1ccc(CNCc2ccc(C#N)o2)cc1. The van der Waals surface area contributed by atoms with Gasteiger partial charge in [0.25, 0.3) is 0 Å². The fourth-order valence-electron chi connectivity index (χ4n) is 2.35. The highest BCUT2D eigenvalue weighted by atomic mass is 32.2. The first-order valence-corrected chi connectivity index (χ1v) is 9.23. The van der Waals surface area contributed by atoms with Crippen LogP contribution in [-0.4, -0.2) is 25.8 Å². The quantitative estimate of drug-likeness (QED) is 0.793. The maximum absolute atomic E-state index is 12.4.